The molecule has 84 valence electrons. The van der Waals surface area contributed by atoms with Gasteiger partial charge in [-0.1, -0.05) is 24.3 Å². The highest BCUT2D eigenvalue weighted by molar-refractivity contribution is 5.25. The molecule has 0 aliphatic heterocycles. The van der Waals surface area contributed by atoms with E-state index in [-0.39, 0.29) is 0 Å². The topological polar surface area (TPSA) is 29.9 Å². The fourth-order valence-corrected chi connectivity index (χ4v) is 1.71. The molecule has 0 unspecified atom stereocenters. The lowest BCUT2D eigenvalue weighted by Gasteiger charge is -2.07. The number of hydrogen-bond acceptors (Lipinski definition) is 2. The molecule has 2 rings (SSSR count). The molecule has 1 aromatic heterocycles. The van der Waals surface area contributed by atoms with Gasteiger partial charge in [0, 0.05) is 26.3 Å². The Labute approximate surface area is 96.1 Å². The average molecular weight is 215 g/mol. The van der Waals surface area contributed by atoms with E-state index in [9.17, 15) is 0 Å². The van der Waals surface area contributed by atoms with Crippen LogP contribution in [0.3, 0.4) is 0 Å². The molecule has 3 heteroatoms. The quantitative estimate of drug-likeness (QED) is 0.845. The summed E-state index contributed by atoms with van der Waals surface area (Å²) in [6.07, 6.45) is 1.82. The lowest BCUT2D eigenvalue weighted by molar-refractivity contribution is 0.625. The van der Waals surface area contributed by atoms with Crippen LogP contribution in [0.15, 0.2) is 36.5 Å². The van der Waals surface area contributed by atoms with E-state index in [0.717, 1.165) is 13.1 Å². The first kappa shape index (κ1) is 10.9. The van der Waals surface area contributed by atoms with Gasteiger partial charge in [0.25, 0.3) is 0 Å². The summed E-state index contributed by atoms with van der Waals surface area (Å²) in [7, 11) is 1.96. The van der Waals surface area contributed by atoms with Gasteiger partial charge in [-0.3, -0.25) is 4.68 Å². The van der Waals surface area contributed by atoms with Crippen LogP contribution in [-0.4, -0.2) is 9.78 Å². The number of nitrogens with one attached hydrogen (secondary N) is 1. The van der Waals surface area contributed by atoms with Crippen LogP contribution in [0, 0.1) is 6.92 Å². The molecule has 0 amide bonds. The SMILES string of the molecule is Cc1ccccc1CNCc1ccnn1C. The van der Waals surface area contributed by atoms with Crippen molar-refractivity contribution in [1.29, 1.82) is 0 Å². The van der Waals surface area contributed by atoms with Gasteiger partial charge in [0.15, 0.2) is 0 Å². The molecule has 0 spiro atoms. The van der Waals surface area contributed by atoms with E-state index in [1.54, 1.807) is 0 Å². The standard InChI is InChI=1S/C13H17N3/c1-11-5-3-4-6-12(11)9-14-10-13-7-8-15-16(13)2/h3-8,14H,9-10H2,1-2H3. The van der Waals surface area contributed by atoms with Crippen molar-refractivity contribution in [2.75, 3.05) is 0 Å². The minimum absolute atomic E-state index is 0.852. The van der Waals surface area contributed by atoms with Gasteiger partial charge in [-0.05, 0) is 24.1 Å². The van der Waals surface area contributed by atoms with E-state index in [1.165, 1.54) is 16.8 Å². The van der Waals surface area contributed by atoms with Gasteiger partial charge in [-0.2, -0.15) is 5.10 Å². The van der Waals surface area contributed by atoms with Crippen molar-refractivity contribution in [2.45, 2.75) is 20.0 Å². The molecule has 0 aliphatic rings. The number of nitrogens with zero attached hydrogens (tertiary/aromatic N) is 2. The second-order valence-electron chi connectivity index (χ2n) is 3.98. The van der Waals surface area contributed by atoms with E-state index in [1.807, 2.05) is 24.0 Å². The number of benzene rings is 1. The Morgan fingerprint density at radius 2 is 2.00 bits per heavy atom. The third-order valence-corrected chi connectivity index (χ3v) is 2.81. The molecule has 0 saturated carbocycles. The maximum atomic E-state index is 4.14. The summed E-state index contributed by atoms with van der Waals surface area (Å²) >= 11 is 0. The second-order valence-corrected chi connectivity index (χ2v) is 3.98. The van der Waals surface area contributed by atoms with Crippen molar-refractivity contribution in [3.8, 4) is 0 Å². The van der Waals surface area contributed by atoms with Gasteiger partial charge in [-0.15, -0.1) is 0 Å². The third kappa shape index (κ3) is 2.49. The molecule has 3 nitrogen and oxygen atoms in total. The predicted octanol–water partition coefficient (Wildman–Crippen LogP) is 2.02. The number of aryl methyl sites for hydroxylation is 2. The van der Waals surface area contributed by atoms with Gasteiger partial charge < -0.3 is 5.32 Å². The third-order valence-electron chi connectivity index (χ3n) is 2.81. The first-order chi connectivity index (χ1) is 7.77. The summed E-state index contributed by atoms with van der Waals surface area (Å²) in [5, 5.41) is 7.56. The molecular formula is C13H17N3. The zero-order chi connectivity index (χ0) is 11.4. The van der Waals surface area contributed by atoms with Gasteiger partial charge >= 0.3 is 0 Å². The molecular weight excluding hydrogens is 198 g/mol. The van der Waals surface area contributed by atoms with Gasteiger partial charge in [-0.25, -0.2) is 0 Å². The number of aromatic nitrogens is 2. The highest BCUT2D eigenvalue weighted by Crippen LogP contribution is 2.06. The van der Waals surface area contributed by atoms with E-state index in [2.05, 4.69) is 41.6 Å². The molecule has 2 aromatic rings. The minimum Gasteiger partial charge on any atom is -0.307 e. The summed E-state index contributed by atoms with van der Waals surface area (Å²) in [6.45, 7) is 3.89. The largest absolute Gasteiger partial charge is 0.307 e. The van der Waals surface area contributed by atoms with Crippen LogP contribution in [0.2, 0.25) is 0 Å². The lowest BCUT2D eigenvalue weighted by atomic mass is 10.1. The average Bonchev–Trinajstić information content (AvgIpc) is 2.67. The normalized spacial score (nSPS) is 10.6. The molecule has 0 radical (unpaired) electrons. The smallest absolute Gasteiger partial charge is 0.0518 e. The number of rotatable bonds is 4. The van der Waals surface area contributed by atoms with Crippen molar-refractivity contribution in [2.24, 2.45) is 7.05 Å². The van der Waals surface area contributed by atoms with Gasteiger partial charge in [0.1, 0.15) is 0 Å². The molecule has 1 aromatic carbocycles. The van der Waals surface area contributed by atoms with E-state index in [0.29, 0.717) is 0 Å². The van der Waals surface area contributed by atoms with Crippen molar-refractivity contribution < 1.29 is 0 Å². The van der Waals surface area contributed by atoms with Crippen molar-refractivity contribution >= 4 is 0 Å². The molecule has 0 aliphatic carbocycles. The van der Waals surface area contributed by atoms with Crippen molar-refractivity contribution in [3.63, 3.8) is 0 Å². The zero-order valence-corrected chi connectivity index (χ0v) is 9.77. The Balaban J connectivity index is 1.89. The predicted molar refractivity (Wildman–Crippen MR) is 64.9 cm³/mol. The highest BCUT2D eigenvalue weighted by atomic mass is 15.3. The van der Waals surface area contributed by atoms with Crippen LogP contribution in [0.1, 0.15) is 16.8 Å². The first-order valence-electron chi connectivity index (χ1n) is 5.49. The maximum Gasteiger partial charge on any atom is 0.0518 e. The fourth-order valence-electron chi connectivity index (χ4n) is 1.71. The van der Waals surface area contributed by atoms with Crippen LogP contribution in [0.5, 0.6) is 0 Å². The minimum atomic E-state index is 0.852. The molecule has 0 fully saturated rings. The van der Waals surface area contributed by atoms with E-state index >= 15 is 0 Å². The number of hydrogen-bond donors (Lipinski definition) is 1. The summed E-state index contributed by atoms with van der Waals surface area (Å²) in [4.78, 5) is 0. The molecule has 0 bridgehead atoms. The lowest BCUT2D eigenvalue weighted by Crippen LogP contribution is -2.15. The Bertz CT molecular complexity index is 460. The molecule has 1 N–H and O–H groups in total. The Hall–Kier alpha value is -1.61. The molecule has 1 heterocycles. The first-order valence-corrected chi connectivity index (χ1v) is 5.49. The summed E-state index contributed by atoms with van der Waals surface area (Å²) in [6, 6.07) is 10.5. The second kappa shape index (κ2) is 4.94. The fraction of sp³-hybridized carbons (Fsp3) is 0.308. The maximum absolute atomic E-state index is 4.14. The van der Waals surface area contributed by atoms with Crippen LogP contribution < -0.4 is 5.32 Å². The monoisotopic (exact) mass is 215 g/mol. The zero-order valence-electron chi connectivity index (χ0n) is 9.77. The Kier molecular flexibility index (Phi) is 3.37. The van der Waals surface area contributed by atoms with Gasteiger partial charge in [0.05, 0.1) is 5.69 Å². The Morgan fingerprint density at radius 3 is 2.69 bits per heavy atom. The van der Waals surface area contributed by atoms with Crippen molar-refractivity contribution in [1.82, 2.24) is 15.1 Å². The van der Waals surface area contributed by atoms with Crippen molar-refractivity contribution in [3.05, 3.63) is 53.3 Å². The Morgan fingerprint density at radius 1 is 1.19 bits per heavy atom. The van der Waals surface area contributed by atoms with Gasteiger partial charge in [0.2, 0.25) is 0 Å². The van der Waals surface area contributed by atoms with E-state index < -0.39 is 0 Å². The molecule has 0 atom stereocenters. The molecule has 0 saturated heterocycles. The van der Waals surface area contributed by atoms with Crippen LogP contribution in [0.4, 0.5) is 0 Å². The summed E-state index contributed by atoms with van der Waals surface area (Å²) < 4.78 is 1.89. The summed E-state index contributed by atoms with van der Waals surface area (Å²) in [5.41, 5.74) is 3.89. The molecule has 16 heavy (non-hydrogen) atoms. The van der Waals surface area contributed by atoms with Crippen LogP contribution >= 0.6 is 0 Å². The van der Waals surface area contributed by atoms with Crippen LogP contribution in [0.25, 0.3) is 0 Å². The highest BCUT2D eigenvalue weighted by Gasteiger charge is 1.99. The van der Waals surface area contributed by atoms with E-state index in [4.69, 9.17) is 0 Å². The summed E-state index contributed by atoms with van der Waals surface area (Å²) in [5.74, 6) is 0. The van der Waals surface area contributed by atoms with Crippen LogP contribution in [-0.2, 0) is 20.1 Å².